The zero-order valence-electron chi connectivity index (χ0n) is 21.5. The topological polar surface area (TPSA) is 83.1 Å². The Kier molecular flexibility index (Phi) is 7.53. The van der Waals surface area contributed by atoms with Gasteiger partial charge in [0.25, 0.3) is 0 Å². The van der Waals surface area contributed by atoms with E-state index < -0.39 is 6.23 Å². The Bertz CT molecular complexity index is 997. The molecule has 2 fully saturated rings. The van der Waals surface area contributed by atoms with Crippen molar-refractivity contribution >= 4 is 17.7 Å². The van der Waals surface area contributed by atoms with Crippen LogP contribution in [0.25, 0.3) is 0 Å². The lowest BCUT2D eigenvalue weighted by Gasteiger charge is -2.36. The molecule has 186 valence electrons. The predicted octanol–water partition coefficient (Wildman–Crippen LogP) is 4.32. The Labute approximate surface area is 204 Å². The lowest BCUT2D eigenvalue weighted by atomic mass is 9.86. The average molecular weight is 468 g/mol. The van der Waals surface area contributed by atoms with Crippen LogP contribution in [0.2, 0.25) is 0 Å². The second-order valence-electron chi connectivity index (χ2n) is 10.9. The highest BCUT2D eigenvalue weighted by Gasteiger charge is 2.55. The van der Waals surface area contributed by atoms with Gasteiger partial charge in [-0.1, -0.05) is 13.0 Å². The molecule has 1 saturated carbocycles. The second kappa shape index (κ2) is 10.2. The summed E-state index contributed by atoms with van der Waals surface area (Å²) >= 11 is 0. The first kappa shape index (κ1) is 25.0. The van der Waals surface area contributed by atoms with Crippen LogP contribution in [0.5, 0.6) is 0 Å². The zero-order chi connectivity index (χ0) is 24.5. The Hall–Kier alpha value is -2.12. The van der Waals surface area contributed by atoms with Gasteiger partial charge in [0.2, 0.25) is 0 Å². The third kappa shape index (κ3) is 5.41. The fourth-order valence-corrected chi connectivity index (χ4v) is 5.99. The third-order valence-corrected chi connectivity index (χ3v) is 8.23. The molecule has 0 bridgehead atoms. The normalized spacial score (nSPS) is 26.1. The molecule has 2 aliphatic heterocycles. The molecule has 1 aromatic rings. The van der Waals surface area contributed by atoms with Crippen LogP contribution in [0.3, 0.4) is 0 Å². The summed E-state index contributed by atoms with van der Waals surface area (Å²) in [6, 6.07) is 0. The van der Waals surface area contributed by atoms with Gasteiger partial charge in [0.1, 0.15) is 11.9 Å². The van der Waals surface area contributed by atoms with Crippen molar-refractivity contribution in [3.05, 3.63) is 28.7 Å². The molecule has 1 aliphatic carbocycles. The SMILES string of the molecule is CC1=N/C(C(=O)CC(C)CC2CC23CCN(C(O)c2c(C)nn(C)c2C)CC3)=C\CCCN=C1. The lowest BCUT2D eigenvalue weighted by Crippen LogP contribution is -2.38. The zero-order valence-corrected chi connectivity index (χ0v) is 21.5. The number of nitrogens with zero attached hydrogens (tertiary/aromatic N) is 5. The van der Waals surface area contributed by atoms with Gasteiger partial charge in [-0.05, 0) is 76.5 Å². The monoisotopic (exact) mass is 467 g/mol. The molecule has 3 aliphatic rings. The van der Waals surface area contributed by atoms with Crippen molar-refractivity contribution in [2.75, 3.05) is 19.6 Å². The molecule has 3 atom stereocenters. The van der Waals surface area contributed by atoms with Gasteiger partial charge in [-0.2, -0.15) is 5.10 Å². The first-order valence-electron chi connectivity index (χ1n) is 12.9. The smallest absolute Gasteiger partial charge is 0.181 e. The fraction of sp³-hybridized carbons (Fsp3) is 0.704. The number of piperidine rings is 1. The molecule has 7 heteroatoms. The molecule has 7 nitrogen and oxygen atoms in total. The fourth-order valence-electron chi connectivity index (χ4n) is 5.99. The summed E-state index contributed by atoms with van der Waals surface area (Å²) in [4.78, 5) is 24.0. The van der Waals surface area contributed by atoms with Crippen molar-refractivity contribution in [3.8, 4) is 0 Å². The van der Waals surface area contributed by atoms with Crippen LogP contribution < -0.4 is 0 Å². The molecule has 1 N–H and O–H groups in total. The summed E-state index contributed by atoms with van der Waals surface area (Å²) in [5, 5.41) is 15.5. The second-order valence-corrected chi connectivity index (χ2v) is 10.9. The van der Waals surface area contributed by atoms with Crippen LogP contribution in [-0.4, -0.2) is 57.1 Å². The summed E-state index contributed by atoms with van der Waals surface area (Å²) in [6.45, 7) is 10.8. The minimum atomic E-state index is -0.574. The van der Waals surface area contributed by atoms with Gasteiger partial charge in [-0.15, -0.1) is 0 Å². The predicted molar refractivity (Wildman–Crippen MR) is 136 cm³/mol. The highest BCUT2D eigenvalue weighted by Crippen LogP contribution is 2.62. The van der Waals surface area contributed by atoms with Gasteiger partial charge in [0.15, 0.2) is 5.78 Å². The Morgan fingerprint density at radius 2 is 2.00 bits per heavy atom. The van der Waals surface area contributed by atoms with Gasteiger partial charge >= 0.3 is 0 Å². The van der Waals surface area contributed by atoms with E-state index in [-0.39, 0.29) is 5.78 Å². The standard InChI is InChI=1S/C27H41N5O2/c1-18(15-24(33)23-8-6-7-11-28-17-19(2)29-23)14-22-16-27(22)9-12-32(13-10-27)26(34)25-20(3)30-31(5)21(25)4/h8,17-18,22,26,34H,6-7,9-16H2,1-5H3/b23-8-,28-17?,29-19?. The van der Waals surface area contributed by atoms with Gasteiger partial charge in [0, 0.05) is 50.6 Å². The number of carbonyl (C=O) groups excluding carboxylic acids is 1. The number of aryl methyl sites for hydroxylation is 2. The summed E-state index contributed by atoms with van der Waals surface area (Å²) < 4.78 is 1.85. The number of aliphatic hydroxyl groups excluding tert-OH is 1. The number of ketones is 1. The minimum Gasteiger partial charge on any atom is -0.374 e. The molecule has 1 aromatic heterocycles. The van der Waals surface area contributed by atoms with E-state index in [9.17, 15) is 9.90 Å². The van der Waals surface area contributed by atoms with E-state index in [1.807, 2.05) is 38.6 Å². The maximum absolute atomic E-state index is 12.9. The van der Waals surface area contributed by atoms with E-state index in [1.54, 1.807) is 6.21 Å². The molecule has 0 aromatic carbocycles. The minimum absolute atomic E-state index is 0.164. The number of rotatable bonds is 7. The van der Waals surface area contributed by atoms with E-state index in [4.69, 9.17) is 0 Å². The highest BCUT2D eigenvalue weighted by molar-refractivity contribution is 6.30. The molecule has 1 saturated heterocycles. The molecule has 34 heavy (non-hydrogen) atoms. The molecule has 3 unspecified atom stereocenters. The highest BCUT2D eigenvalue weighted by atomic mass is 16.3. The van der Waals surface area contributed by atoms with E-state index in [1.165, 1.54) is 6.42 Å². The number of aliphatic imine (C=N–C) groups is 2. The van der Waals surface area contributed by atoms with Gasteiger partial charge in [-0.25, -0.2) is 4.99 Å². The molecular weight excluding hydrogens is 426 g/mol. The number of aromatic nitrogens is 2. The summed E-state index contributed by atoms with van der Waals surface area (Å²) in [7, 11) is 1.93. The lowest BCUT2D eigenvalue weighted by molar-refractivity contribution is -0.116. The molecule has 0 radical (unpaired) electrons. The van der Waals surface area contributed by atoms with Crippen LogP contribution >= 0.6 is 0 Å². The largest absolute Gasteiger partial charge is 0.374 e. The molecule has 4 rings (SSSR count). The van der Waals surface area contributed by atoms with Crippen molar-refractivity contribution in [1.29, 1.82) is 0 Å². The van der Waals surface area contributed by atoms with Crippen LogP contribution in [0.15, 0.2) is 21.8 Å². The molecule has 3 heterocycles. The Morgan fingerprint density at radius 3 is 2.68 bits per heavy atom. The number of hydrogen-bond donors (Lipinski definition) is 1. The van der Waals surface area contributed by atoms with E-state index >= 15 is 0 Å². The summed E-state index contributed by atoms with van der Waals surface area (Å²) in [5.41, 5.74) is 4.75. The van der Waals surface area contributed by atoms with Crippen molar-refractivity contribution in [2.45, 2.75) is 78.9 Å². The maximum atomic E-state index is 12.9. The molecule has 0 amide bonds. The average Bonchev–Trinajstić information content (AvgIpc) is 3.32. The molecule has 1 spiro atoms. The number of hydrogen-bond acceptors (Lipinski definition) is 6. The van der Waals surface area contributed by atoms with E-state index in [2.05, 4.69) is 26.9 Å². The van der Waals surface area contributed by atoms with Crippen LogP contribution in [0.4, 0.5) is 0 Å². The first-order chi connectivity index (χ1) is 16.2. The van der Waals surface area contributed by atoms with E-state index in [0.717, 1.165) is 74.4 Å². The van der Waals surface area contributed by atoms with Crippen LogP contribution in [-0.2, 0) is 11.8 Å². The Morgan fingerprint density at radius 1 is 1.26 bits per heavy atom. The first-order valence-corrected chi connectivity index (χ1v) is 12.9. The summed E-state index contributed by atoms with van der Waals surface area (Å²) in [5.74, 6) is 1.22. The number of likely N-dealkylation sites (tertiary alicyclic amines) is 1. The van der Waals surface area contributed by atoms with Crippen LogP contribution in [0, 0.1) is 31.1 Å². The molecular formula is C27H41N5O2. The van der Waals surface area contributed by atoms with Gasteiger partial charge in [-0.3, -0.25) is 19.4 Å². The maximum Gasteiger partial charge on any atom is 0.181 e. The number of carbonyl (C=O) groups is 1. The van der Waals surface area contributed by atoms with E-state index in [0.29, 0.717) is 29.4 Å². The third-order valence-electron chi connectivity index (χ3n) is 8.23. The van der Waals surface area contributed by atoms with Crippen molar-refractivity contribution in [1.82, 2.24) is 14.7 Å². The number of Topliss-reactive ketones (excluding diaryl/α,β-unsaturated/α-hetero) is 1. The number of allylic oxidation sites excluding steroid dienone is 2. The quantitative estimate of drug-likeness (QED) is 0.647. The van der Waals surface area contributed by atoms with Gasteiger partial charge in [0.05, 0.1) is 11.4 Å². The number of aliphatic hydroxyl groups is 1. The van der Waals surface area contributed by atoms with Crippen LogP contribution in [0.1, 0.15) is 82.0 Å². The van der Waals surface area contributed by atoms with Crippen molar-refractivity contribution < 1.29 is 9.90 Å². The Balaban J connectivity index is 1.28. The van der Waals surface area contributed by atoms with Gasteiger partial charge < -0.3 is 5.11 Å². The van der Waals surface area contributed by atoms with Crippen molar-refractivity contribution in [3.63, 3.8) is 0 Å². The summed E-state index contributed by atoms with van der Waals surface area (Å²) in [6.07, 6.45) is 10.2. The van der Waals surface area contributed by atoms with Crippen molar-refractivity contribution in [2.24, 2.45) is 34.3 Å².